The molecular formula is C13H9FN2O. The predicted molar refractivity (Wildman–Crippen MR) is 64.3 cm³/mol. The van der Waals surface area contributed by atoms with Gasteiger partial charge < -0.3 is 10.7 Å². The van der Waals surface area contributed by atoms with E-state index in [2.05, 4.69) is 4.98 Å². The highest BCUT2D eigenvalue weighted by atomic mass is 19.1. The summed E-state index contributed by atoms with van der Waals surface area (Å²) in [4.78, 5) is 14.4. The topological polar surface area (TPSA) is 58.9 Å². The van der Waals surface area contributed by atoms with Crippen LogP contribution in [0.1, 0.15) is 10.4 Å². The molecule has 0 fully saturated rings. The lowest BCUT2D eigenvalue weighted by atomic mass is 10.1. The van der Waals surface area contributed by atoms with Crippen molar-refractivity contribution in [3.05, 3.63) is 47.8 Å². The lowest BCUT2D eigenvalue weighted by molar-refractivity contribution is 0.100. The second-order valence-electron chi connectivity index (χ2n) is 3.91. The molecule has 84 valence electrons. The number of hydrogen-bond donors (Lipinski definition) is 2. The Kier molecular flexibility index (Phi) is 1.92. The number of carbonyl (C=O) groups excluding carboxylic acids is 1. The molecule has 1 heterocycles. The Labute approximate surface area is 96.0 Å². The Bertz CT molecular complexity index is 746. The fraction of sp³-hybridized carbons (Fsp3) is 0. The summed E-state index contributed by atoms with van der Waals surface area (Å²) in [6, 6.07) is 10.0. The summed E-state index contributed by atoms with van der Waals surface area (Å²) in [5.41, 5.74) is 6.86. The third-order valence-electron chi connectivity index (χ3n) is 2.85. The first-order valence-electron chi connectivity index (χ1n) is 5.16. The van der Waals surface area contributed by atoms with E-state index in [1.165, 1.54) is 6.07 Å². The van der Waals surface area contributed by atoms with E-state index in [0.29, 0.717) is 10.9 Å². The van der Waals surface area contributed by atoms with Gasteiger partial charge >= 0.3 is 0 Å². The predicted octanol–water partition coefficient (Wildman–Crippen LogP) is 2.56. The molecule has 3 aromatic rings. The number of nitrogens with two attached hydrogens (primary N) is 1. The van der Waals surface area contributed by atoms with Crippen LogP contribution < -0.4 is 5.73 Å². The van der Waals surface area contributed by atoms with Crippen LogP contribution in [0.3, 0.4) is 0 Å². The van der Waals surface area contributed by atoms with Gasteiger partial charge in [0.1, 0.15) is 5.82 Å². The maximum Gasteiger partial charge on any atom is 0.250 e. The number of carbonyl (C=O) groups is 1. The average molecular weight is 228 g/mol. The highest BCUT2D eigenvalue weighted by Gasteiger charge is 2.13. The number of amides is 1. The Hall–Kier alpha value is -2.36. The molecule has 4 heteroatoms. The molecule has 3 nitrogen and oxygen atoms in total. The first-order valence-corrected chi connectivity index (χ1v) is 5.16. The van der Waals surface area contributed by atoms with Crippen molar-refractivity contribution in [2.75, 3.05) is 0 Å². The van der Waals surface area contributed by atoms with E-state index in [4.69, 9.17) is 5.73 Å². The molecule has 0 atom stereocenters. The van der Waals surface area contributed by atoms with Crippen molar-refractivity contribution in [2.24, 2.45) is 5.73 Å². The standard InChI is InChI=1S/C13H9FN2O/c14-7-5-9-8-3-1-2-4-11(8)16-12(9)10(6-7)13(15)17/h1-6,16H,(H2,15,17). The Balaban J connectivity index is 2.55. The van der Waals surface area contributed by atoms with Gasteiger partial charge in [0, 0.05) is 16.3 Å². The number of hydrogen-bond acceptors (Lipinski definition) is 1. The summed E-state index contributed by atoms with van der Waals surface area (Å²) >= 11 is 0. The van der Waals surface area contributed by atoms with E-state index < -0.39 is 11.7 Å². The third-order valence-corrected chi connectivity index (χ3v) is 2.85. The van der Waals surface area contributed by atoms with E-state index in [-0.39, 0.29) is 5.56 Å². The number of benzene rings is 2. The van der Waals surface area contributed by atoms with Crippen LogP contribution in [0.25, 0.3) is 21.8 Å². The van der Waals surface area contributed by atoms with Crippen molar-refractivity contribution in [2.45, 2.75) is 0 Å². The van der Waals surface area contributed by atoms with Gasteiger partial charge in [-0.1, -0.05) is 18.2 Å². The molecule has 0 bridgehead atoms. The Morgan fingerprint density at radius 1 is 1.18 bits per heavy atom. The second kappa shape index (κ2) is 3.31. The van der Waals surface area contributed by atoms with Crippen molar-refractivity contribution >= 4 is 27.7 Å². The van der Waals surface area contributed by atoms with Gasteiger partial charge in [-0.15, -0.1) is 0 Å². The molecule has 1 aromatic heterocycles. The molecule has 0 aliphatic rings. The summed E-state index contributed by atoms with van der Waals surface area (Å²) in [5.74, 6) is -1.10. The minimum atomic E-state index is -0.638. The van der Waals surface area contributed by atoms with Crippen LogP contribution in [-0.2, 0) is 0 Å². The number of para-hydroxylation sites is 1. The average Bonchev–Trinajstić information content (AvgIpc) is 2.66. The highest BCUT2D eigenvalue weighted by Crippen LogP contribution is 2.28. The van der Waals surface area contributed by atoms with Gasteiger partial charge in [-0.05, 0) is 18.2 Å². The molecule has 3 N–H and O–H groups in total. The summed E-state index contributed by atoms with van der Waals surface area (Å²) in [5, 5.41) is 1.55. The molecule has 17 heavy (non-hydrogen) atoms. The molecule has 2 aromatic carbocycles. The normalized spacial score (nSPS) is 11.1. The highest BCUT2D eigenvalue weighted by molar-refractivity contribution is 6.14. The van der Waals surface area contributed by atoms with Crippen molar-refractivity contribution in [3.63, 3.8) is 0 Å². The molecular weight excluding hydrogens is 219 g/mol. The first kappa shape index (κ1) is 9.84. The van der Waals surface area contributed by atoms with E-state index in [0.717, 1.165) is 17.0 Å². The molecule has 3 rings (SSSR count). The van der Waals surface area contributed by atoms with Gasteiger partial charge in [0.2, 0.25) is 0 Å². The van der Waals surface area contributed by atoms with E-state index in [9.17, 15) is 9.18 Å². The van der Waals surface area contributed by atoms with E-state index in [1.807, 2.05) is 24.3 Å². The number of nitrogens with one attached hydrogen (secondary N) is 1. The second-order valence-corrected chi connectivity index (χ2v) is 3.91. The van der Waals surface area contributed by atoms with Gasteiger partial charge in [-0.3, -0.25) is 4.79 Å². The van der Waals surface area contributed by atoms with Crippen molar-refractivity contribution in [1.82, 2.24) is 4.98 Å². The zero-order valence-corrected chi connectivity index (χ0v) is 8.83. The maximum absolute atomic E-state index is 13.4. The van der Waals surface area contributed by atoms with Crippen LogP contribution in [0.4, 0.5) is 4.39 Å². The lowest BCUT2D eigenvalue weighted by Crippen LogP contribution is -2.11. The van der Waals surface area contributed by atoms with Gasteiger partial charge in [0.15, 0.2) is 0 Å². The fourth-order valence-corrected chi connectivity index (χ4v) is 2.11. The molecule has 0 saturated heterocycles. The van der Waals surface area contributed by atoms with Gasteiger partial charge in [0.25, 0.3) is 5.91 Å². The van der Waals surface area contributed by atoms with E-state index in [1.54, 1.807) is 0 Å². The summed E-state index contributed by atoms with van der Waals surface area (Å²) in [7, 11) is 0. The minimum absolute atomic E-state index is 0.177. The van der Waals surface area contributed by atoms with Crippen molar-refractivity contribution in [1.29, 1.82) is 0 Å². The zero-order valence-electron chi connectivity index (χ0n) is 8.83. The fourth-order valence-electron chi connectivity index (χ4n) is 2.11. The van der Waals surface area contributed by atoms with Crippen molar-refractivity contribution < 1.29 is 9.18 Å². The number of halogens is 1. The molecule has 1 amide bonds. The number of fused-ring (bicyclic) bond motifs is 3. The van der Waals surface area contributed by atoms with Crippen molar-refractivity contribution in [3.8, 4) is 0 Å². The van der Waals surface area contributed by atoms with Crippen LogP contribution in [0.2, 0.25) is 0 Å². The number of aromatic amines is 1. The quantitative estimate of drug-likeness (QED) is 0.660. The molecule has 0 spiro atoms. The molecule has 0 aliphatic carbocycles. The molecule has 0 unspecified atom stereocenters. The smallest absolute Gasteiger partial charge is 0.250 e. The number of H-pyrrole nitrogens is 1. The third kappa shape index (κ3) is 1.38. The Morgan fingerprint density at radius 2 is 1.94 bits per heavy atom. The summed E-state index contributed by atoms with van der Waals surface area (Å²) in [6.07, 6.45) is 0. The summed E-state index contributed by atoms with van der Waals surface area (Å²) < 4.78 is 13.4. The monoisotopic (exact) mass is 228 g/mol. The van der Waals surface area contributed by atoms with Crippen LogP contribution >= 0.6 is 0 Å². The SMILES string of the molecule is NC(=O)c1cc(F)cc2c1[nH]c1ccccc12. The van der Waals surface area contributed by atoms with Crippen LogP contribution in [0.5, 0.6) is 0 Å². The maximum atomic E-state index is 13.4. The summed E-state index contributed by atoms with van der Waals surface area (Å²) in [6.45, 7) is 0. The van der Waals surface area contributed by atoms with Crippen LogP contribution in [0.15, 0.2) is 36.4 Å². The molecule has 0 radical (unpaired) electrons. The number of primary amides is 1. The van der Waals surface area contributed by atoms with Gasteiger partial charge in [0.05, 0.1) is 11.1 Å². The zero-order chi connectivity index (χ0) is 12.0. The largest absolute Gasteiger partial charge is 0.366 e. The molecule has 0 saturated carbocycles. The van der Waals surface area contributed by atoms with Gasteiger partial charge in [-0.2, -0.15) is 0 Å². The number of aromatic nitrogens is 1. The van der Waals surface area contributed by atoms with Crippen LogP contribution in [0, 0.1) is 5.82 Å². The minimum Gasteiger partial charge on any atom is -0.366 e. The first-order chi connectivity index (χ1) is 8.16. The Morgan fingerprint density at radius 3 is 2.71 bits per heavy atom. The molecule has 0 aliphatic heterocycles. The lowest BCUT2D eigenvalue weighted by Gasteiger charge is -1.98. The van der Waals surface area contributed by atoms with E-state index >= 15 is 0 Å². The number of rotatable bonds is 1. The van der Waals surface area contributed by atoms with Gasteiger partial charge in [-0.25, -0.2) is 4.39 Å². The van der Waals surface area contributed by atoms with Crippen LogP contribution in [-0.4, -0.2) is 10.9 Å².